The van der Waals surface area contributed by atoms with E-state index in [0.717, 1.165) is 37.9 Å². The van der Waals surface area contributed by atoms with E-state index >= 15 is 8.78 Å². The second-order valence-electron chi connectivity index (χ2n) is 9.71. The largest absolute Gasteiger partial charge is 0.494 e. The van der Waals surface area contributed by atoms with Crippen LogP contribution in [0.4, 0.5) is 31.8 Å². The predicted octanol–water partition coefficient (Wildman–Crippen LogP) is 4.15. The summed E-state index contributed by atoms with van der Waals surface area (Å²) < 4.78 is 39.2. The molecule has 0 aliphatic carbocycles. The fraction of sp³-hybridized carbons (Fsp3) is 0.276. The number of likely N-dealkylation sites (N-methyl/N-ethyl adjacent to an activating group) is 1. The van der Waals surface area contributed by atoms with Gasteiger partial charge < -0.3 is 34.8 Å². The highest BCUT2D eigenvalue weighted by molar-refractivity contribution is 5.98. The lowest BCUT2D eigenvalue weighted by molar-refractivity contribution is -0.111. The second kappa shape index (κ2) is 11.5. The van der Waals surface area contributed by atoms with E-state index in [1.165, 1.54) is 48.2 Å². The number of hydrogen-bond donors (Lipinski definition) is 3. The molecule has 0 spiro atoms. The highest BCUT2D eigenvalue weighted by Crippen LogP contribution is 2.40. The number of halogens is 2. The number of alkyl halides is 2. The fourth-order valence-corrected chi connectivity index (χ4v) is 4.76. The topological polar surface area (TPSA) is 108 Å². The van der Waals surface area contributed by atoms with Crippen molar-refractivity contribution in [2.24, 2.45) is 0 Å². The van der Waals surface area contributed by atoms with Crippen LogP contribution in [-0.2, 0) is 17.4 Å². The SMILES string of the molecule is C=CC(=O)Nc1cccc(C(F)(F)c2nc(Nc3ccc(N4CCN(C)CC4)cc3OC)nc3c2ccn3CO)c1. The Labute approximate surface area is 235 Å². The van der Waals surface area contributed by atoms with Gasteiger partial charge in [-0.3, -0.25) is 4.79 Å². The summed E-state index contributed by atoms with van der Waals surface area (Å²) in [5, 5.41) is 15.4. The Hall–Kier alpha value is -4.55. The van der Waals surface area contributed by atoms with Gasteiger partial charge in [0.15, 0.2) is 0 Å². The Balaban J connectivity index is 1.53. The number of methoxy groups -OCH3 is 1. The van der Waals surface area contributed by atoms with Gasteiger partial charge in [-0.05, 0) is 43.5 Å². The Bertz CT molecular complexity index is 1580. The molecule has 0 saturated carbocycles. The number of piperazine rings is 1. The quantitative estimate of drug-likeness (QED) is 0.261. The number of aliphatic hydroxyl groups is 1. The molecular formula is C29H31F2N7O3. The normalized spacial score (nSPS) is 14.2. The standard InChI is InChI=1S/C29H31F2N7O3/c1-4-25(40)32-20-7-5-6-19(16-20)29(30,31)26-22-10-11-38(18-39)27(22)35-28(34-26)33-23-9-8-21(17-24(23)41-3)37-14-12-36(2)13-15-37/h4-11,16-17,39H,1,12-15,18H2,2-3H3,(H,32,40)(H,33,34,35). The maximum atomic E-state index is 16.1. The van der Waals surface area contributed by atoms with E-state index in [9.17, 15) is 9.90 Å². The van der Waals surface area contributed by atoms with Crippen molar-refractivity contribution in [3.8, 4) is 5.75 Å². The molecule has 0 atom stereocenters. The lowest BCUT2D eigenvalue weighted by Gasteiger charge is -2.34. The maximum Gasteiger partial charge on any atom is 0.315 e. The van der Waals surface area contributed by atoms with Gasteiger partial charge in [0.05, 0.1) is 12.8 Å². The summed E-state index contributed by atoms with van der Waals surface area (Å²) in [5.41, 5.74) is 0.864. The molecule has 12 heteroatoms. The number of nitrogens with one attached hydrogen (secondary N) is 2. The molecule has 1 saturated heterocycles. The highest BCUT2D eigenvalue weighted by atomic mass is 19.3. The van der Waals surface area contributed by atoms with Crippen molar-refractivity contribution in [2.45, 2.75) is 12.7 Å². The van der Waals surface area contributed by atoms with E-state index in [-0.39, 0.29) is 28.2 Å². The number of aromatic nitrogens is 3. The van der Waals surface area contributed by atoms with E-state index in [2.05, 4.69) is 44.0 Å². The molecule has 1 fully saturated rings. The smallest absolute Gasteiger partial charge is 0.315 e. The minimum atomic E-state index is -3.58. The summed E-state index contributed by atoms with van der Waals surface area (Å²) in [4.78, 5) is 24.9. The summed E-state index contributed by atoms with van der Waals surface area (Å²) in [5.74, 6) is -3.69. The molecule has 4 aromatic rings. The second-order valence-corrected chi connectivity index (χ2v) is 9.71. The Morgan fingerprint density at radius 2 is 1.93 bits per heavy atom. The molecular weight excluding hydrogens is 532 g/mol. The third-order valence-electron chi connectivity index (χ3n) is 7.05. The molecule has 0 bridgehead atoms. The number of hydrogen-bond acceptors (Lipinski definition) is 8. The van der Waals surface area contributed by atoms with Gasteiger partial charge in [0.25, 0.3) is 0 Å². The van der Waals surface area contributed by atoms with Crippen molar-refractivity contribution in [3.63, 3.8) is 0 Å². The lowest BCUT2D eigenvalue weighted by atomic mass is 10.0. The van der Waals surface area contributed by atoms with E-state index in [4.69, 9.17) is 4.74 Å². The third kappa shape index (κ3) is 5.70. The zero-order chi connectivity index (χ0) is 29.1. The Morgan fingerprint density at radius 3 is 2.63 bits per heavy atom. The van der Waals surface area contributed by atoms with Crippen LogP contribution in [0, 0.1) is 0 Å². The molecule has 5 rings (SSSR count). The molecule has 41 heavy (non-hydrogen) atoms. The summed E-state index contributed by atoms with van der Waals surface area (Å²) in [6.45, 7) is 6.57. The number of nitrogens with zero attached hydrogens (tertiary/aromatic N) is 5. The predicted molar refractivity (Wildman–Crippen MR) is 154 cm³/mol. The first-order valence-electron chi connectivity index (χ1n) is 13.0. The summed E-state index contributed by atoms with van der Waals surface area (Å²) >= 11 is 0. The number of carbonyl (C=O) groups is 1. The molecule has 2 aromatic carbocycles. The molecule has 1 aliphatic rings. The van der Waals surface area contributed by atoms with Gasteiger partial charge in [-0.25, -0.2) is 4.98 Å². The first-order chi connectivity index (χ1) is 19.7. The first-order valence-corrected chi connectivity index (χ1v) is 13.0. The van der Waals surface area contributed by atoms with Crippen molar-refractivity contribution < 1.29 is 23.4 Å². The molecule has 214 valence electrons. The van der Waals surface area contributed by atoms with Crippen LogP contribution in [0.15, 0.2) is 67.4 Å². The molecule has 0 radical (unpaired) electrons. The molecule has 1 amide bonds. The summed E-state index contributed by atoms with van der Waals surface area (Å²) in [6, 6.07) is 12.4. The zero-order valence-electron chi connectivity index (χ0n) is 22.8. The van der Waals surface area contributed by atoms with Crippen molar-refractivity contribution in [1.29, 1.82) is 0 Å². The lowest BCUT2D eigenvalue weighted by Crippen LogP contribution is -2.44. The number of aliphatic hydroxyl groups excluding tert-OH is 1. The van der Waals surface area contributed by atoms with Crippen molar-refractivity contribution in [3.05, 3.63) is 78.6 Å². The van der Waals surface area contributed by atoms with Crippen LogP contribution in [0.2, 0.25) is 0 Å². The van der Waals surface area contributed by atoms with Gasteiger partial charge >= 0.3 is 5.92 Å². The Morgan fingerprint density at radius 1 is 1.15 bits per heavy atom. The monoisotopic (exact) mass is 563 g/mol. The van der Waals surface area contributed by atoms with Crippen molar-refractivity contribution in [2.75, 3.05) is 55.9 Å². The zero-order valence-corrected chi connectivity index (χ0v) is 22.8. The number of ether oxygens (including phenoxy) is 1. The van der Waals surface area contributed by atoms with E-state index in [0.29, 0.717) is 11.4 Å². The average Bonchev–Trinajstić information content (AvgIpc) is 3.40. The first kappa shape index (κ1) is 28.0. The van der Waals surface area contributed by atoms with Crippen LogP contribution in [0.5, 0.6) is 5.75 Å². The van der Waals surface area contributed by atoms with Gasteiger partial charge in [0, 0.05) is 60.8 Å². The number of rotatable bonds is 9. The minimum absolute atomic E-state index is 0.0764. The number of anilines is 4. The Kier molecular flexibility index (Phi) is 7.86. The number of amides is 1. The van der Waals surface area contributed by atoms with E-state index in [1.807, 2.05) is 12.1 Å². The van der Waals surface area contributed by atoms with E-state index < -0.39 is 24.3 Å². The van der Waals surface area contributed by atoms with Crippen molar-refractivity contribution >= 4 is 40.0 Å². The van der Waals surface area contributed by atoms with Crippen LogP contribution >= 0.6 is 0 Å². The van der Waals surface area contributed by atoms with Crippen LogP contribution in [0.25, 0.3) is 11.0 Å². The van der Waals surface area contributed by atoms with Gasteiger partial charge in [0.1, 0.15) is 23.8 Å². The third-order valence-corrected chi connectivity index (χ3v) is 7.05. The van der Waals surface area contributed by atoms with Crippen LogP contribution < -0.4 is 20.3 Å². The number of fused-ring (bicyclic) bond motifs is 1. The molecule has 10 nitrogen and oxygen atoms in total. The molecule has 2 aromatic heterocycles. The highest BCUT2D eigenvalue weighted by Gasteiger charge is 2.39. The average molecular weight is 564 g/mol. The van der Waals surface area contributed by atoms with Gasteiger partial charge in [-0.2, -0.15) is 13.8 Å². The molecule has 0 unspecified atom stereocenters. The van der Waals surface area contributed by atoms with Crippen LogP contribution in [0.1, 0.15) is 11.3 Å². The molecule has 3 N–H and O–H groups in total. The van der Waals surface area contributed by atoms with Gasteiger partial charge in [-0.1, -0.05) is 18.7 Å². The fourth-order valence-electron chi connectivity index (χ4n) is 4.76. The molecule has 1 aliphatic heterocycles. The van der Waals surface area contributed by atoms with Crippen LogP contribution in [0.3, 0.4) is 0 Å². The summed E-state index contributed by atoms with van der Waals surface area (Å²) in [6.07, 6.45) is 2.52. The number of carbonyl (C=O) groups excluding carboxylic acids is 1. The van der Waals surface area contributed by atoms with Crippen LogP contribution in [-0.4, -0.2) is 70.8 Å². The minimum Gasteiger partial charge on any atom is -0.494 e. The molecule has 3 heterocycles. The van der Waals surface area contributed by atoms with Gasteiger partial charge in [0.2, 0.25) is 11.9 Å². The summed E-state index contributed by atoms with van der Waals surface area (Å²) in [7, 11) is 3.62. The van der Waals surface area contributed by atoms with E-state index in [1.54, 1.807) is 6.07 Å². The maximum absolute atomic E-state index is 16.1. The number of benzene rings is 2. The van der Waals surface area contributed by atoms with Gasteiger partial charge in [-0.15, -0.1) is 0 Å². The van der Waals surface area contributed by atoms with Crippen molar-refractivity contribution in [1.82, 2.24) is 19.4 Å².